The van der Waals surface area contributed by atoms with Crippen LogP contribution in [0.5, 0.6) is 0 Å². The Balaban J connectivity index is 1.56. The fourth-order valence-electron chi connectivity index (χ4n) is 4.28. The summed E-state index contributed by atoms with van der Waals surface area (Å²) >= 11 is 12.2. The minimum absolute atomic E-state index is 0.0803. The maximum Gasteiger partial charge on any atom is 0.241 e. The van der Waals surface area contributed by atoms with E-state index in [1.807, 2.05) is 12.1 Å². The monoisotopic (exact) mass is 403 g/mol. The SMILES string of the molecule is O=C(NCc1cc(Cl)cc(Cl)c1)C1(N2CCNCC2)Cc2ccccc2C1. The lowest BCUT2D eigenvalue weighted by Gasteiger charge is -2.42. The summed E-state index contributed by atoms with van der Waals surface area (Å²) in [6, 6.07) is 13.8. The Hall–Kier alpha value is -1.59. The average Bonchev–Trinajstić information content (AvgIpc) is 3.07. The predicted octanol–water partition coefficient (Wildman–Crippen LogP) is 3.05. The zero-order valence-corrected chi connectivity index (χ0v) is 16.6. The maximum absolute atomic E-state index is 13.4. The first-order valence-corrected chi connectivity index (χ1v) is 10.1. The van der Waals surface area contributed by atoms with Gasteiger partial charge in [-0.2, -0.15) is 0 Å². The lowest BCUT2D eigenvalue weighted by atomic mass is 9.91. The number of amides is 1. The molecule has 0 spiro atoms. The number of rotatable bonds is 4. The number of nitrogens with zero attached hydrogens (tertiary/aromatic N) is 1. The quantitative estimate of drug-likeness (QED) is 0.824. The predicted molar refractivity (Wildman–Crippen MR) is 109 cm³/mol. The van der Waals surface area contributed by atoms with Gasteiger partial charge in [0.25, 0.3) is 0 Å². The molecule has 0 atom stereocenters. The molecule has 2 N–H and O–H groups in total. The van der Waals surface area contributed by atoms with Crippen LogP contribution >= 0.6 is 23.2 Å². The van der Waals surface area contributed by atoms with Gasteiger partial charge in [0.05, 0.1) is 0 Å². The molecule has 1 saturated heterocycles. The smallest absolute Gasteiger partial charge is 0.241 e. The standard InChI is InChI=1S/C21H23Cl2N3O/c22-18-9-15(10-19(23)11-18)14-25-20(27)21(26-7-5-24-6-8-26)12-16-3-1-2-4-17(16)13-21/h1-4,9-11,24H,5-8,12-14H2,(H,25,27). The molecule has 27 heavy (non-hydrogen) atoms. The first-order chi connectivity index (χ1) is 13.1. The highest BCUT2D eigenvalue weighted by molar-refractivity contribution is 6.34. The van der Waals surface area contributed by atoms with Crippen LogP contribution in [0.4, 0.5) is 0 Å². The van der Waals surface area contributed by atoms with Crippen LogP contribution in [0, 0.1) is 0 Å². The van der Waals surface area contributed by atoms with Crippen LogP contribution in [0.2, 0.25) is 10.0 Å². The Labute approximate surface area is 169 Å². The van der Waals surface area contributed by atoms with Crippen molar-refractivity contribution in [2.75, 3.05) is 26.2 Å². The average molecular weight is 404 g/mol. The second kappa shape index (κ2) is 7.80. The molecule has 1 aliphatic carbocycles. The summed E-state index contributed by atoms with van der Waals surface area (Å²) in [5.74, 6) is 0.0803. The van der Waals surface area contributed by atoms with Crippen LogP contribution < -0.4 is 10.6 Å². The van der Waals surface area contributed by atoms with E-state index in [9.17, 15) is 4.79 Å². The molecule has 6 heteroatoms. The Morgan fingerprint density at radius 1 is 1.04 bits per heavy atom. The van der Waals surface area contributed by atoms with Crippen molar-refractivity contribution in [1.82, 2.24) is 15.5 Å². The molecule has 0 saturated carbocycles. The number of hydrogen-bond donors (Lipinski definition) is 2. The molecule has 1 fully saturated rings. The third-order valence-corrected chi connectivity index (χ3v) is 6.04. The van der Waals surface area contributed by atoms with Crippen LogP contribution in [-0.4, -0.2) is 42.5 Å². The number of fused-ring (bicyclic) bond motifs is 1. The topological polar surface area (TPSA) is 44.4 Å². The van der Waals surface area contributed by atoms with Gasteiger partial charge < -0.3 is 10.6 Å². The molecule has 1 aliphatic heterocycles. The number of carbonyl (C=O) groups is 1. The Morgan fingerprint density at radius 3 is 2.22 bits per heavy atom. The van der Waals surface area contributed by atoms with Crippen molar-refractivity contribution >= 4 is 29.1 Å². The van der Waals surface area contributed by atoms with Gasteiger partial charge in [-0.25, -0.2) is 0 Å². The highest BCUT2D eigenvalue weighted by Gasteiger charge is 2.48. The van der Waals surface area contributed by atoms with E-state index < -0.39 is 5.54 Å². The van der Waals surface area contributed by atoms with Gasteiger partial charge in [-0.05, 0) is 34.9 Å². The number of halogens is 2. The zero-order chi connectivity index (χ0) is 18.9. The summed E-state index contributed by atoms with van der Waals surface area (Å²) < 4.78 is 0. The van der Waals surface area contributed by atoms with Gasteiger partial charge in [-0.3, -0.25) is 9.69 Å². The van der Waals surface area contributed by atoms with Crippen LogP contribution in [0.1, 0.15) is 16.7 Å². The highest BCUT2D eigenvalue weighted by atomic mass is 35.5. The van der Waals surface area contributed by atoms with Crippen molar-refractivity contribution in [3.05, 3.63) is 69.2 Å². The first kappa shape index (κ1) is 18.8. The summed E-state index contributed by atoms with van der Waals surface area (Å²) in [7, 11) is 0. The van der Waals surface area contributed by atoms with Gasteiger partial charge in [-0.15, -0.1) is 0 Å². The summed E-state index contributed by atoms with van der Waals surface area (Å²) in [5.41, 5.74) is 2.94. The van der Waals surface area contributed by atoms with E-state index in [1.54, 1.807) is 6.07 Å². The molecule has 4 rings (SSSR count). The largest absolute Gasteiger partial charge is 0.350 e. The van der Waals surface area contributed by atoms with Crippen LogP contribution in [0.3, 0.4) is 0 Å². The summed E-state index contributed by atoms with van der Waals surface area (Å²) in [6.07, 6.45) is 1.51. The number of piperazine rings is 1. The van der Waals surface area contributed by atoms with Gasteiger partial charge in [0, 0.05) is 55.6 Å². The van der Waals surface area contributed by atoms with E-state index >= 15 is 0 Å². The molecule has 2 aromatic rings. The molecule has 0 unspecified atom stereocenters. The Morgan fingerprint density at radius 2 is 1.63 bits per heavy atom. The van der Waals surface area contributed by atoms with E-state index in [0.29, 0.717) is 16.6 Å². The zero-order valence-electron chi connectivity index (χ0n) is 15.1. The van der Waals surface area contributed by atoms with Crippen molar-refractivity contribution in [1.29, 1.82) is 0 Å². The Kier molecular flexibility index (Phi) is 5.42. The Bertz CT molecular complexity index is 804. The van der Waals surface area contributed by atoms with E-state index in [2.05, 4.69) is 39.8 Å². The van der Waals surface area contributed by atoms with Gasteiger partial charge in [-0.1, -0.05) is 47.5 Å². The summed E-state index contributed by atoms with van der Waals surface area (Å²) in [4.78, 5) is 15.8. The van der Waals surface area contributed by atoms with E-state index in [1.165, 1.54) is 11.1 Å². The number of carbonyl (C=O) groups excluding carboxylic acids is 1. The molecule has 142 valence electrons. The molecule has 2 aromatic carbocycles. The normalized spacial score (nSPS) is 18.9. The van der Waals surface area contributed by atoms with Crippen LogP contribution in [0.25, 0.3) is 0 Å². The fraction of sp³-hybridized carbons (Fsp3) is 0.381. The third-order valence-electron chi connectivity index (χ3n) is 5.60. The second-order valence-corrected chi connectivity index (χ2v) is 8.22. The molecule has 2 aliphatic rings. The van der Waals surface area contributed by atoms with E-state index in [0.717, 1.165) is 44.6 Å². The summed E-state index contributed by atoms with van der Waals surface area (Å²) in [6.45, 7) is 4.00. The molecule has 1 heterocycles. The molecule has 0 bridgehead atoms. The molecule has 1 amide bonds. The van der Waals surface area contributed by atoms with Gasteiger partial charge in [0.15, 0.2) is 0 Å². The molecular formula is C21H23Cl2N3O. The van der Waals surface area contributed by atoms with Crippen molar-refractivity contribution in [3.8, 4) is 0 Å². The van der Waals surface area contributed by atoms with Crippen molar-refractivity contribution < 1.29 is 4.79 Å². The maximum atomic E-state index is 13.4. The van der Waals surface area contributed by atoms with E-state index in [4.69, 9.17) is 23.2 Å². The first-order valence-electron chi connectivity index (χ1n) is 9.33. The van der Waals surface area contributed by atoms with Crippen molar-refractivity contribution in [2.45, 2.75) is 24.9 Å². The van der Waals surface area contributed by atoms with Gasteiger partial charge in [0.2, 0.25) is 5.91 Å². The third kappa shape index (κ3) is 3.85. The molecule has 0 radical (unpaired) electrons. The van der Waals surface area contributed by atoms with E-state index in [-0.39, 0.29) is 5.91 Å². The molecular weight excluding hydrogens is 381 g/mol. The summed E-state index contributed by atoms with van der Waals surface area (Å²) in [5, 5.41) is 7.69. The van der Waals surface area contributed by atoms with Crippen LogP contribution in [-0.2, 0) is 24.2 Å². The van der Waals surface area contributed by atoms with Gasteiger partial charge >= 0.3 is 0 Å². The fourth-order valence-corrected chi connectivity index (χ4v) is 4.85. The number of hydrogen-bond acceptors (Lipinski definition) is 3. The number of benzene rings is 2. The highest BCUT2D eigenvalue weighted by Crippen LogP contribution is 2.35. The molecule has 0 aromatic heterocycles. The number of nitrogens with one attached hydrogen (secondary N) is 2. The molecule has 4 nitrogen and oxygen atoms in total. The minimum Gasteiger partial charge on any atom is -0.350 e. The lowest BCUT2D eigenvalue weighted by Crippen LogP contribution is -2.63. The minimum atomic E-state index is -0.520. The van der Waals surface area contributed by atoms with Crippen molar-refractivity contribution in [2.24, 2.45) is 0 Å². The second-order valence-electron chi connectivity index (χ2n) is 7.35. The van der Waals surface area contributed by atoms with Gasteiger partial charge in [0.1, 0.15) is 5.54 Å². The lowest BCUT2D eigenvalue weighted by molar-refractivity contribution is -0.134. The van der Waals surface area contributed by atoms with Crippen molar-refractivity contribution in [3.63, 3.8) is 0 Å². The van der Waals surface area contributed by atoms with Crippen LogP contribution in [0.15, 0.2) is 42.5 Å².